The number of benzene rings is 1. The summed E-state index contributed by atoms with van der Waals surface area (Å²) in [5.74, 6) is 0.710. The molecule has 2 nitrogen and oxygen atoms in total. The predicted octanol–water partition coefficient (Wildman–Crippen LogP) is 2.45. The molecule has 0 unspecified atom stereocenters. The highest BCUT2D eigenvalue weighted by Crippen LogP contribution is 2.27. The first-order valence-electron chi connectivity index (χ1n) is 3.31. The van der Waals surface area contributed by atoms with Crippen LogP contribution in [0.15, 0.2) is 12.1 Å². The van der Waals surface area contributed by atoms with Crippen LogP contribution in [0.4, 0.5) is 0 Å². The third kappa shape index (κ3) is 2.02. The molecule has 1 aromatic carbocycles. The first-order chi connectivity index (χ1) is 5.69. The molecule has 0 bridgehead atoms. The van der Waals surface area contributed by atoms with Gasteiger partial charge in [-0.25, -0.2) is 0 Å². The van der Waals surface area contributed by atoms with Gasteiger partial charge >= 0.3 is 0 Å². The van der Waals surface area contributed by atoms with E-state index >= 15 is 0 Å². The Morgan fingerprint density at radius 2 is 2.25 bits per heavy atom. The molecule has 0 radical (unpaired) electrons. The average molecular weight is 299 g/mol. The largest absolute Gasteiger partial charge is 0.497 e. The Kier molecular flexibility index (Phi) is 3.61. The average Bonchev–Trinajstić information content (AvgIpc) is 2.03. The maximum atomic E-state index is 8.93. The summed E-state index contributed by atoms with van der Waals surface area (Å²) in [6.07, 6.45) is 0. The molecule has 1 N–H and O–H groups in total. The molecule has 0 heterocycles. The molecule has 12 heavy (non-hydrogen) atoms. The van der Waals surface area contributed by atoms with E-state index in [-0.39, 0.29) is 6.61 Å². The molecular weight excluding hydrogens is 290 g/mol. The van der Waals surface area contributed by atoms with E-state index in [4.69, 9.17) is 21.4 Å². The van der Waals surface area contributed by atoms with Crippen molar-refractivity contribution in [3.63, 3.8) is 0 Å². The summed E-state index contributed by atoms with van der Waals surface area (Å²) in [6.45, 7) is -0.0406. The second kappa shape index (κ2) is 4.30. The van der Waals surface area contributed by atoms with E-state index in [2.05, 4.69) is 22.6 Å². The van der Waals surface area contributed by atoms with Gasteiger partial charge in [0.2, 0.25) is 0 Å². The van der Waals surface area contributed by atoms with Crippen molar-refractivity contribution in [1.29, 1.82) is 0 Å². The molecule has 1 rings (SSSR count). The Morgan fingerprint density at radius 3 is 2.67 bits per heavy atom. The standard InChI is InChI=1S/C8H8ClIO2/c1-12-5-2-7(9)6(4-11)8(10)3-5/h2-3,11H,4H2,1H3. The van der Waals surface area contributed by atoms with E-state index < -0.39 is 0 Å². The molecule has 0 fully saturated rings. The van der Waals surface area contributed by atoms with E-state index in [1.54, 1.807) is 13.2 Å². The number of rotatable bonds is 2. The van der Waals surface area contributed by atoms with Gasteiger partial charge < -0.3 is 9.84 Å². The summed E-state index contributed by atoms with van der Waals surface area (Å²) in [7, 11) is 1.58. The summed E-state index contributed by atoms with van der Waals surface area (Å²) in [6, 6.07) is 3.52. The van der Waals surface area contributed by atoms with Crippen molar-refractivity contribution in [1.82, 2.24) is 0 Å². The normalized spacial score (nSPS) is 10.0. The topological polar surface area (TPSA) is 29.5 Å². The van der Waals surface area contributed by atoms with Crippen LogP contribution in [-0.4, -0.2) is 12.2 Å². The van der Waals surface area contributed by atoms with Crippen LogP contribution in [0, 0.1) is 3.57 Å². The first kappa shape index (κ1) is 10.1. The van der Waals surface area contributed by atoms with E-state index in [0.717, 1.165) is 9.13 Å². The summed E-state index contributed by atoms with van der Waals surface area (Å²) < 4.78 is 5.92. The Bertz CT molecular complexity index is 265. The van der Waals surface area contributed by atoms with E-state index in [1.165, 1.54) is 0 Å². The second-order valence-electron chi connectivity index (χ2n) is 2.23. The smallest absolute Gasteiger partial charge is 0.121 e. The minimum absolute atomic E-state index is 0.0406. The number of methoxy groups -OCH3 is 1. The van der Waals surface area contributed by atoms with Crippen molar-refractivity contribution >= 4 is 34.2 Å². The minimum atomic E-state index is -0.0406. The lowest BCUT2D eigenvalue weighted by atomic mass is 10.2. The van der Waals surface area contributed by atoms with Gasteiger partial charge in [0.05, 0.1) is 18.7 Å². The minimum Gasteiger partial charge on any atom is -0.497 e. The van der Waals surface area contributed by atoms with Gasteiger partial charge in [0.15, 0.2) is 0 Å². The lowest BCUT2D eigenvalue weighted by Crippen LogP contribution is -1.92. The molecule has 0 aliphatic rings. The fourth-order valence-electron chi connectivity index (χ4n) is 0.849. The van der Waals surface area contributed by atoms with Crippen molar-refractivity contribution in [2.45, 2.75) is 6.61 Å². The predicted molar refractivity (Wildman–Crippen MR) is 56.6 cm³/mol. The van der Waals surface area contributed by atoms with Crippen molar-refractivity contribution < 1.29 is 9.84 Å². The number of aliphatic hydroxyl groups is 1. The summed E-state index contributed by atoms with van der Waals surface area (Å²) in [4.78, 5) is 0. The summed E-state index contributed by atoms with van der Waals surface area (Å²) in [5, 5.41) is 9.48. The second-order valence-corrected chi connectivity index (χ2v) is 3.80. The molecule has 0 saturated heterocycles. The van der Waals surface area contributed by atoms with Crippen LogP contribution in [0.3, 0.4) is 0 Å². The van der Waals surface area contributed by atoms with Gasteiger partial charge in [0.25, 0.3) is 0 Å². The number of aliphatic hydroxyl groups excluding tert-OH is 1. The Hall–Kier alpha value is -0.000000000000000111. The third-order valence-electron chi connectivity index (χ3n) is 1.51. The van der Waals surface area contributed by atoms with Crippen LogP contribution in [0.25, 0.3) is 0 Å². The lowest BCUT2D eigenvalue weighted by molar-refractivity contribution is 0.281. The monoisotopic (exact) mass is 298 g/mol. The van der Waals surface area contributed by atoms with Crippen molar-refractivity contribution in [3.8, 4) is 5.75 Å². The zero-order valence-corrected chi connectivity index (χ0v) is 9.39. The van der Waals surface area contributed by atoms with Crippen molar-refractivity contribution in [2.75, 3.05) is 7.11 Å². The molecule has 0 saturated carbocycles. The van der Waals surface area contributed by atoms with Crippen LogP contribution >= 0.6 is 34.2 Å². The fourth-order valence-corrected chi connectivity index (χ4v) is 2.05. The number of hydrogen-bond donors (Lipinski definition) is 1. The zero-order chi connectivity index (χ0) is 9.14. The Balaban J connectivity index is 3.18. The SMILES string of the molecule is COc1cc(Cl)c(CO)c(I)c1. The van der Waals surface area contributed by atoms with Gasteiger partial charge in [-0.3, -0.25) is 0 Å². The highest BCUT2D eigenvalue weighted by Gasteiger charge is 2.06. The Morgan fingerprint density at radius 1 is 1.58 bits per heavy atom. The van der Waals surface area contributed by atoms with E-state index in [1.807, 2.05) is 6.07 Å². The van der Waals surface area contributed by atoms with E-state index in [0.29, 0.717) is 10.8 Å². The van der Waals surface area contributed by atoms with Gasteiger partial charge in [0.1, 0.15) is 5.75 Å². The molecule has 0 aromatic heterocycles. The van der Waals surface area contributed by atoms with Gasteiger partial charge in [-0.05, 0) is 34.7 Å². The molecule has 0 amide bonds. The molecule has 66 valence electrons. The molecule has 1 aromatic rings. The fraction of sp³-hybridized carbons (Fsp3) is 0.250. The number of hydrogen-bond acceptors (Lipinski definition) is 2. The van der Waals surface area contributed by atoms with Crippen molar-refractivity contribution in [2.24, 2.45) is 0 Å². The molecule has 0 aliphatic heterocycles. The van der Waals surface area contributed by atoms with Crippen molar-refractivity contribution in [3.05, 3.63) is 26.3 Å². The van der Waals surface area contributed by atoms with Gasteiger partial charge in [-0.2, -0.15) is 0 Å². The van der Waals surface area contributed by atoms with Crippen LogP contribution in [0.5, 0.6) is 5.75 Å². The zero-order valence-electron chi connectivity index (χ0n) is 6.47. The highest BCUT2D eigenvalue weighted by molar-refractivity contribution is 14.1. The van der Waals surface area contributed by atoms with Gasteiger partial charge in [0, 0.05) is 9.13 Å². The molecular formula is C8H8ClIO2. The maximum absolute atomic E-state index is 8.93. The maximum Gasteiger partial charge on any atom is 0.121 e. The quantitative estimate of drug-likeness (QED) is 0.850. The van der Waals surface area contributed by atoms with E-state index in [9.17, 15) is 0 Å². The molecule has 0 atom stereocenters. The molecule has 4 heteroatoms. The first-order valence-corrected chi connectivity index (χ1v) is 4.77. The van der Waals surface area contributed by atoms with Gasteiger partial charge in [-0.1, -0.05) is 11.6 Å². The summed E-state index contributed by atoms with van der Waals surface area (Å²) >= 11 is 7.98. The number of halogens is 2. The highest BCUT2D eigenvalue weighted by atomic mass is 127. The molecule has 0 aliphatic carbocycles. The lowest BCUT2D eigenvalue weighted by Gasteiger charge is -2.06. The molecule has 0 spiro atoms. The van der Waals surface area contributed by atoms with Crippen LogP contribution in [-0.2, 0) is 6.61 Å². The van der Waals surface area contributed by atoms with Gasteiger partial charge in [-0.15, -0.1) is 0 Å². The van der Waals surface area contributed by atoms with Crippen LogP contribution in [0.1, 0.15) is 5.56 Å². The summed E-state index contributed by atoms with van der Waals surface area (Å²) in [5.41, 5.74) is 0.748. The van der Waals surface area contributed by atoms with Crippen LogP contribution in [0.2, 0.25) is 5.02 Å². The van der Waals surface area contributed by atoms with Crippen LogP contribution < -0.4 is 4.74 Å². The Labute approximate surface area is 89.6 Å². The third-order valence-corrected chi connectivity index (χ3v) is 2.81. The number of ether oxygens (including phenoxy) is 1.